The van der Waals surface area contributed by atoms with Crippen molar-refractivity contribution < 1.29 is 18.3 Å². The fourth-order valence-electron chi connectivity index (χ4n) is 1.69. The molecule has 1 saturated heterocycles. The zero-order chi connectivity index (χ0) is 11.6. The highest BCUT2D eigenvalue weighted by atomic mass is 19.3. The average Bonchev–Trinajstić information content (AvgIpc) is 1.99. The van der Waals surface area contributed by atoms with Crippen LogP contribution in [-0.4, -0.2) is 35.6 Å². The summed E-state index contributed by atoms with van der Waals surface area (Å²) in [5.41, 5.74) is 0. The number of halogens is 2. The highest BCUT2D eigenvalue weighted by Crippen LogP contribution is 2.31. The summed E-state index contributed by atoms with van der Waals surface area (Å²) < 4.78 is 30.9. The largest absolute Gasteiger partial charge is 0.447 e. The first-order valence-electron chi connectivity index (χ1n) is 5.17. The van der Waals surface area contributed by atoms with Crippen molar-refractivity contribution in [3.05, 3.63) is 0 Å². The minimum absolute atomic E-state index is 0.0692. The fourth-order valence-corrected chi connectivity index (χ4v) is 1.69. The zero-order valence-corrected chi connectivity index (χ0v) is 9.30. The van der Waals surface area contributed by atoms with Crippen molar-refractivity contribution in [3.8, 4) is 0 Å². The number of piperidine rings is 1. The van der Waals surface area contributed by atoms with Gasteiger partial charge in [0.25, 0.3) is 5.92 Å². The maximum absolute atomic E-state index is 13.0. The normalized spacial score (nSPS) is 25.5. The van der Waals surface area contributed by atoms with Gasteiger partial charge < -0.3 is 9.64 Å². The Bertz CT molecular complexity index is 244. The van der Waals surface area contributed by atoms with Crippen LogP contribution in [0.1, 0.15) is 33.6 Å². The van der Waals surface area contributed by atoms with Crippen LogP contribution >= 0.6 is 0 Å². The third-order valence-corrected chi connectivity index (χ3v) is 2.42. The second-order valence-corrected chi connectivity index (χ2v) is 4.29. The second-order valence-electron chi connectivity index (χ2n) is 4.29. The van der Waals surface area contributed by atoms with Crippen molar-refractivity contribution in [2.45, 2.75) is 51.7 Å². The molecule has 1 aliphatic rings. The van der Waals surface area contributed by atoms with Crippen LogP contribution in [0.4, 0.5) is 13.6 Å². The maximum atomic E-state index is 13.0. The minimum Gasteiger partial charge on any atom is -0.447 e. The molecule has 1 rings (SSSR count). The molecule has 1 fully saturated rings. The molecule has 0 saturated carbocycles. The van der Waals surface area contributed by atoms with Gasteiger partial charge in [0.1, 0.15) is 0 Å². The van der Waals surface area contributed by atoms with Crippen molar-refractivity contribution in [2.75, 3.05) is 6.54 Å². The van der Waals surface area contributed by atoms with E-state index in [1.54, 1.807) is 20.8 Å². The first-order chi connectivity index (χ1) is 6.82. The average molecular weight is 221 g/mol. The number of nitrogens with zero attached hydrogens (tertiary/aromatic N) is 1. The molecule has 1 aliphatic heterocycles. The summed E-state index contributed by atoms with van der Waals surface area (Å²) in [7, 11) is 0. The highest BCUT2D eigenvalue weighted by Gasteiger charge is 2.40. The van der Waals surface area contributed by atoms with E-state index in [9.17, 15) is 13.6 Å². The molecular formula is C10H17F2NO2. The van der Waals surface area contributed by atoms with Crippen molar-refractivity contribution in [1.29, 1.82) is 0 Å². The quantitative estimate of drug-likeness (QED) is 0.681. The van der Waals surface area contributed by atoms with Crippen LogP contribution < -0.4 is 0 Å². The lowest BCUT2D eigenvalue weighted by atomic mass is 10.0. The van der Waals surface area contributed by atoms with Crippen molar-refractivity contribution in [3.63, 3.8) is 0 Å². The SMILES string of the molecule is CC(C)OC(=O)N1CCC(F)(F)CC1C. The van der Waals surface area contributed by atoms with Gasteiger partial charge >= 0.3 is 6.09 Å². The predicted molar refractivity (Wildman–Crippen MR) is 52.0 cm³/mol. The highest BCUT2D eigenvalue weighted by molar-refractivity contribution is 5.68. The number of hydrogen-bond acceptors (Lipinski definition) is 2. The van der Waals surface area contributed by atoms with Gasteiger partial charge in [0.05, 0.1) is 6.10 Å². The van der Waals surface area contributed by atoms with Gasteiger partial charge in [-0.1, -0.05) is 0 Å². The van der Waals surface area contributed by atoms with Crippen molar-refractivity contribution in [2.24, 2.45) is 0 Å². The van der Waals surface area contributed by atoms with Crippen LogP contribution in [0.3, 0.4) is 0 Å². The predicted octanol–water partition coefficient (Wildman–Crippen LogP) is 2.65. The van der Waals surface area contributed by atoms with Gasteiger partial charge in [-0.15, -0.1) is 0 Å². The summed E-state index contributed by atoms with van der Waals surface area (Å²) in [6, 6.07) is -0.458. The van der Waals surface area contributed by atoms with Crippen LogP contribution in [0, 0.1) is 0 Å². The first kappa shape index (κ1) is 12.2. The number of rotatable bonds is 1. The molecule has 1 amide bonds. The number of likely N-dealkylation sites (tertiary alicyclic amines) is 1. The molecule has 0 aromatic carbocycles. The molecule has 0 aromatic rings. The maximum Gasteiger partial charge on any atom is 0.410 e. The Hall–Kier alpha value is -0.870. The van der Waals surface area contributed by atoms with E-state index >= 15 is 0 Å². The van der Waals surface area contributed by atoms with Crippen LogP contribution in [0.5, 0.6) is 0 Å². The third-order valence-electron chi connectivity index (χ3n) is 2.42. The Morgan fingerprint density at radius 2 is 2.13 bits per heavy atom. The Balaban J connectivity index is 2.54. The van der Waals surface area contributed by atoms with Gasteiger partial charge in [-0.25, -0.2) is 13.6 Å². The molecule has 0 aliphatic carbocycles. The molecule has 15 heavy (non-hydrogen) atoms. The van der Waals surface area contributed by atoms with E-state index in [0.29, 0.717) is 0 Å². The van der Waals surface area contributed by atoms with Crippen LogP contribution in [0.2, 0.25) is 0 Å². The van der Waals surface area contributed by atoms with Gasteiger partial charge in [0.2, 0.25) is 0 Å². The summed E-state index contributed by atoms with van der Waals surface area (Å²) in [6.45, 7) is 5.16. The Kier molecular flexibility index (Phi) is 3.52. The monoisotopic (exact) mass is 221 g/mol. The van der Waals surface area contributed by atoms with Crippen molar-refractivity contribution >= 4 is 6.09 Å². The molecule has 0 aromatic heterocycles. The summed E-state index contributed by atoms with van der Waals surface area (Å²) in [4.78, 5) is 12.9. The minimum atomic E-state index is -2.64. The van der Waals surface area contributed by atoms with E-state index in [2.05, 4.69) is 0 Å². The molecule has 5 heteroatoms. The molecule has 0 spiro atoms. The van der Waals surface area contributed by atoms with E-state index < -0.39 is 18.1 Å². The van der Waals surface area contributed by atoms with E-state index in [4.69, 9.17) is 4.74 Å². The Morgan fingerprint density at radius 3 is 2.60 bits per heavy atom. The topological polar surface area (TPSA) is 29.5 Å². The summed E-state index contributed by atoms with van der Waals surface area (Å²) in [5, 5.41) is 0. The molecule has 0 bridgehead atoms. The second kappa shape index (κ2) is 4.33. The van der Waals surface area contributed by atoms with Gasteiger partial charge in [-0.2, -0.15) is 0 Å². The Labute approximate surface area is 88.4 Å². The lowest BCUT2D eigenvalue weighted by Gasteiger charge is -2.36. The van der Waals surface area contributed by atoms with Gasteiger partial charge in [0, 0.05) is 25.4 Å². The molecule has 88 valence electrons. The third kappa shape index (κ3) is 3.32. The van der Waals surface area contributed by atoms with E-state index in [1.165, 1.54) is 4.90 Å². The smallest absolute Gasteiger partial charge is 0.410 e. The first-order valence-corrected chi connectivity index (χ1v) is 5.17. The van der Waals surface area contributed by atoms with Crippen molar-refractivity contribution in [1.82, 2.24) is 4.90 Å². The Morgan fingerprint density at radius 1 is 1.53 bits per heavy atom. The molecule has 0 radical (unpaired) electrons. The van der Waals surface area contributed by atoms with Gasteiger partial charge in [-0.05, 0) is 20.8 Å². The molecule has 1 atom stereocenters. The fraction of sp³-hybridized carbons (Fsp3) is 0.900. The standard InChI is InChI=1S/C10H17F2NO2/c1-7(2)15-9(14)13-5-4-10(11,12)6-8(13)3/h7-8H,4-6H2,1-3H3. The van der Waals surface area contributed by atoms with Gasteiger partial charge in [-0.3, -0.25) is 0 Å². The van der Waals surface area contributed by atoms with Crippen LogP contribution in [-0.2, 0) is 4.74 Å². The van der Waals surface area contributed by atoms with Crippen LogP contribution in [0.15, 0.2) is 0 Å². The lowest BCUT2D eigenvalue weighted by molar-refractivity contribution is -0.0719. The zero-order valence-electron chi connectivity index (χ0n) is 9.30. The molecule has 1 unspecified atom stereocenters. The number of ether oxygens (including phenoxy) is 1. The van der Waals surface area contributed by atoms with E-state index in [1.807, 2.05) is 0 Å². The molecule has 3 nitrogen and oxygen atoms in total. The molecule has 0 N–H and O–H groups in total. The number of amides is 1. The van der Waals surface area contributed by atoms with E-state index in [-0.39, 0.29) is 25.5 Å². The number of carbonyl (C=O) groups excluding carboxylic acids is 1. The molecular weight excluding hydrogens is 204 g/mol. The number of carbonyl (C=O) groups is 1. The van der Waals surface area contributed by atoms with Crippen LogP contribution in [0.25, 0.3) is 0 Å². The van der Waals surface area contributed by atoms with Gasteiger partial charge in [0.15, 0.2) is 0 Å². The summed E-state index contributed by atoms with van der Waals surface area (Å²) >= 11 is 0. The summed E-state index contributed by atoms with van der Waals surface area (Å²) in [5.74, 6) is -2.64. The lowest BCUT2D eigenvalue weighted by Crippen LogP contribution is -2.49. The van der Waals surface area contributed by atoms with E-state index in [0.717, 1.165) is 0 Å². The number of alkyl halides is 2. The number of hydrogen-bond donors (Lipinski definition) is 0. The molecule has 1 heterocycles. The summed E-state index contributed by atoms with van der Waals surface area (Å²) in [6.07, 6.45) is -1.26.